The lowest BCUT2D eigenvalue weighted by molar-refractivity contribution is 0.551. The average molecular weight is 373 g/mol. The summed E-state index contributed by atoms with van der Waals surface area (Å²) in [6.45, 7) is 2.94. The van der Waals surface area contributed by atoms with Gasteiger partial charge in [0, 0.05) is 22.7 Å². The first-order valence-corrected chi connectivity index (χ1v) is 9.62. The van der Waals surface area contributed by atoms with Crippen molar-refractivity contribution < 1.29 is 4.39 Å². The molecule has 0 aliphatic carbocycles. The van der Waals surface area contributed by atoms with Gasteiger partial charge in [0.1, 0.15) is 10.8 Å². The number of hydrogen-bond donors (Lipinski definition) is 0. The molecular formula is C20H18ClFN2S. The van der Waals surface area contributed by atoms with Crippen molar-refractivity contribution in [2.45, 2.75) is 32.4 Å². The van der Waals surface area contributed by atoms with Crippen LogP contribution in [0.25, 0.3) is 10.6 Å². The standard InChI is InChI=1S/C20H18ClFN2S/c1-13-6-7-14-10-15(22)8-9-19(14)24(13)11-16-12-25-20(23-16)17-4-2-3-5-18(17)21/h2-5,8-10,12-13H,6-7,11H2,1H3. The molecule has 0 amide bonds. The molecule has 0 N–H and O–H groups in total. The van der Waals surface area contributed by atoms with Gasteiger partial charge in [-0.25, -0.2) is 9.37 Å². The lowest BCUT2D eigenvalue weighted by Crippen LogP contribution is -2.36. The molecule has 5 heteroatoms. The highest BCUT2D eigenvalue weighted by Gasteiger charge is 2.24. The maximum atomic E-state index is 13.5. The van der Waals surface area contributed by atoms with Crippen molar-refractivity contribution in [3.05, 3.63) is 69.9 Å². The second-order valence-corrected chi connectivity index (χ2v) is 7.68. The minimum Gasteiger partial charge on any atom is -0.363 e. The van der Waals surface area contributed by atoms with Gasteiger partial charge in [0.15, 0.2) is 0 Å². The second-order valence-electron chi connectivity index (χ2n) is 6.41. The first-order valence-electron chi connectivity index (χ1n) is 8.36. The number of benzene rings is 2. The molecule has 2 aromatic carbocycles. The molecule has 3 aromatic rings. The van der Waals surface area contributed by atoms with Crippen LogP contribution in [0, 0.1) is 5.82 Å². The number of aryl methyl sites for hydroxylation is 1. The van der Waals surface area contributed by atoms with Gasteiger partial charge in [0.2, 0.25) is 0 Å². The summed E-state index contributed by atoms with van der Waals surface area (Å²) in [6, 6.07) is 13.3. The molecule has 1 aliphatic rings. The van der Waals surface area contributed by atoms with Gasteiger partial charge in [-0.2, -0.15) is 0 Å². The molecule has 0 bridgehead atoms. The van der Waals surface area contributed by atoms with Crippen LogP contribution in [0.5, 0.6) is 0 Å². The fourth-order valence-electron chi connectivity index (χ4n) is 3.35. The predicted molar refractivity (Wildman–Crippen MR) is 103 cm³/mol. The number of fused-ring (bicyclic) bond motifs is 1. The molecule has 0 saturated heterocycles. The van der Waals surface area contributed by atoms with Gasteiger partial charge in [-0.3, -0.25) is 0 Å². The molecule has 0 fully saturated rings. The summed E-state index contributed by atoms with van der Waals surface area (Å²) in [6.07, 6.45) is 1.95. The monoisotopic (exact) mass is 372 g/mol. The van der Waals surface area contributed by atoms with Gasteiger partial charge in [-0.15, -0.1) is 11.3 Å². The third-order valence-electron chi connectivity index (χ3n) is 4.70. The van der Waals surface area contributed by atoms with Crippen molar-refractivity contribution in [3.8, 4) is 10.6 Å². The number of nitrogens with zero attached hydrogens (tertiary/aromatic N) is 2. The summed E-state index contributed by atoms with van der Waals surface area (Å²) >= 11 is 7.89. The van der Waals surface area contributed by atoms with Crippen LogP contribution >= 0.6 is 22.9 Å². The quantitative estimate of drug-likeness (QED) is 0.565. The lowest BCUT2D eigenvalue weighted by Gasteiger charge is -2.36. The van der Waals surface area contributed by atoms with Gasteiger partial charge in [0.05, 0.1) is 17.3 Å². The minimum atomic E-state index is -0.164. The first kappa shape index (κ1) is 16.6. The number of hydrogen-bond acceptors (Lipinski definition) is 3. The summed E-state index contributed by atoms with van der Waals surface area (Å²) < 4.78 is 13.5. The first-order chi connectivity index (χ1) is 12.1. The highest BCUT2D eigenvalue weighted by Crippen LogP contribution is 2.34. The molecule has 0 spiro atoms. The van der Waals surface area contributed by atoms with E-state index in [2.05, 4.69) is 17.2 Å². The van der Waals surface area contributed by atoms with Crippen LogP contribution in [-0.4, -0.2) is 11.0 Å². The summed E-state index contributed by atoms with van der Waals surface area (Å²) in [7, 11) is 0. The van der Waals surface area contributed by atoms with Gasteiger partial charge < -0.3 is 4.90 Å². The number of halogens is 2. The molecular weight excluding hydrogens is 355 g/mol. The average Bonchev–Trinajstić information content (AvgIpc) is 3.06. The van der Waals surface area contributed by atoms with Crippen LogP contribution in [0.2, 0.25) is 5.02 Å². The summed E-state index contributed by atoms with van der Waals surface area (Å²) in [4.78, 5) is 7.10. The zero-order valence-electron chi connectivity index (χ0n) is 13.9. The van der Waals surface area contributed by atoms with Gasteiger partial charge in [0.25, 0.3) is 0 Å². The van der Waals surface area contributed by atoms with Gasteiger partial charge in [-0.1, -0.05) is 29.8 Å². The number of anilines is 1. The zero-order chi connectivity index (χ0) is 17.4. The SMILES string of the molecule is CC1CCc2cc(F)ccc2N1Cc1csc(-c2ccccc2Cl)n1. The van der Waals surface area contributed by atoms with Crippen LogP contribution in [-0.2, 0) is 13.0 Å². The number of rotatable bonds is 3. The van der Waals surface area contributed by atoms with Crippen molar-refractivity contribution >= 4 is 28.6 Å². The van der Waals surface area contributed by atoms with Crippen LogP contribution in [0.15, 0.2) is 47.8 Å². The van der Waals surface area contributed by atoms with Crippen LogP contribution in [0.4, 0.5) is 10.1 Å². The van der Waals surface area contributed by atoms with E-state index in [9.17, 15) is 4.39 Å². The van der Waals surface area contributed by atoms with E-state index in [4.69, 9.17) is 16.6 Å². The van der Waals surface area contributed by atoms with Crippen molar-refractivity contribution in [1.29, 1.82) is 0 Å². The maximum Gasteiger partial charge on any atom is 0.125 e. The van der Waals surface area contributed by atoms with Crippen LogP contribution in [0.1, 0.15) is 24.6 Å². The van der Waals surface area contributed by atoms with E-state index in [1.54, 1.807) is 23.5 Å². The highest BCUT2D eigenvalue weighted by molar-refractivity contribution is 7.13. The van der Waals surface area contributed by atoms with Crippen molar-refractivity contribution in [3.63, 3.8) is 0 Å². The van der Waals surface area contributed by atoms with Gasteiger partial charge in [-0.05, 0) is 49.6 Å². The Morgan fingerprint density at radius 2 is 2.12 bits per heavy atom. The fraction of sp³-hybridized carbons (Fsp3) is 0.250. The molecule has 25 heavy (non-hydrogen) atoms. The molecule has 4 rings (SSSR count). The van der Waals surface area contributed by atoms with E-state index < -0.39 is 0 Å². The Morgan fingerprint density at radius 3 is 2.96 bits per heavy atom. The van der Waals surface area contributed by atoms with Crippen molar-refractivity contribution in [1.82, 2.24) is 4.98 Å². The molecule has 2 nitrogen and oxygen atoms in total. The van der Waals surface area contributed by atoms with E-state index >= 15 is 0 Å². The molecule has 0 radical (unpaired) electrons. The van der Waals surface area contributed by atoms with Crippen LogP contribution < -0.4 is 4.90 Å². The predicted octanol–water partition coefficient (Wildman–Crippen LogP) is 5.94. The highest BCUT2D eigenvalue weighted by atomic mass is 35.5. The molecule has 1 aliphatic heterocycles. The summed E-state index contributed by atoms with van der Waals surface area (Å²) in [5.74, 6) is -0.164. The van der Waals surface area contributed by atoms with Crippen molar-refractivity contribution in [2.24, 2.45) is 0 Å². The normalized spacial score (nSPS) is 16.8. The Hall–Kier alpha value is -1.91. The van der Waals surface area contributed by atoms with E-state index in [1.807, 2.05) is 30.3 Å². The Bertz CT molecular complexity index is 908. The molecule has 0 saturated carbocycles. The fourth-order valence-corrected chi connectivity index (χ4v) is 4.48. The summed E-state index contributed by atoms with van der Waals surface area (Å²) in [5.41, 5.74) is 4.19. The third kappa shape index (κ3) is 3.29. The topological polar surface area (TPSA) is 16.1 Å². The van der Waals surface area contributed by atoms with Gasteiger partial charge >= 0.3 is 0 Å². The zero-order valence-corrected chi connectivity index (χ0v) is 15.4. The molecule has 1 aromatic heterocycles. The van der Waals surface area contributed by atoms with E-state index in [0.29, 0.717) is 6.04 Å². The Balaban J connectivity index is 1.62. The maximum absolute atomic E-state index is 13.5. The van der Waals surface area contributed by atoms with Crippen LogP contribution in [0.3, 0.4) is 0 Å². The second kappa shape index (κ2) is 6.77. The smallest absolute Gasteiger partial charge is 0.125 e. The van der Waals surface area contributed by atoms with Crippen molar-refractivity contribution in [2.75, 3.05) is 4.90 Å². The largest absolute Gasteiger partial charge is 0.363 e. The van der Waals surface area contributed by atoms with E-state index in [1.165, 1.54) is 0 Å². The molecule has 128 valence electrons. The Labute approximate surface area is 155 Å². The number of aromatic nitrogens is 1. The molecule has 1 atom stereocenters. The minimum absolute atomic E-state index is 0.164. The molecule has 1 unspecified atom stereocenters. The molecule has 2 heterocycles. The third-order valence-corrected chi connectivity index (χ3v) is 5.96. The van der Waals surface area contributed by atoms with E-state index in [-0.39, 0.29) is 5.82 Å². The number of thiazole rings is 1. The van der Waals surface area contributed by atoms with E-state index in [0.717, 1.165) is 51.9 Å². The lowest BCUT2D eigenvalue weighted by atomic mass is 9.96. The Morgan fingerprint density at radius 1 is 1.28 bits per heavy atom. The summed E-state index contributed by atoms with van der Waals surface area (Å²) in [5, 5.41) is 3.74. The Kier molecular flexibility index (Phi) is 4.48.